The number of piperazine rings is 1. The Hall–Kier alpha value is -4.18. The van der Waals surface area contributed by atoms with E-state index in [4.69, 9.17) is 0 Å². The van der Waals surface area contributed by atoms with Gasteiger partial charge in [-0.1, -0.05) is 48.5 Å². The lowest BCUT2D eigenvalue weighted by molar-refractivity contribution is -0.384. The van der Waals surface area contributed by atoms with Crippen molar-refractivity contribution in [3.63, 3.8) is 0 Å². The van der Waals surface area contributed by atoms with Crippen LogP contribution in [-0.4, -0.2) is 56.2 Å². The van der Waals surface area contributed by atoms with Crippen LogP contribution >= 0.6 is 0 Å². The van der Waals surface area contributed by atoms with Crippen LogP contribution in [0.4, 0.5) is 15.8 Å². The average Bonchev–Trinajstić information content (AvgIpc) is 3.34. The molecule has 2 heterocycles. The van der Waals surface area contributed by atoms with Crippen molar-refractivity contribution in [2.75, 3.05) is 31.1 Å². The SMILES string of the molecule is O=[N+]([O-])c1ccc(N2CCN([C@@H](c3ccccc3F)c3nnnn3Cc3ccccc3)CC2)cc1. The van der Waals surface area contributed by atoms with Crippen LogP contribution in [-0.2, 0) is 6.54 Å². The van der Waals surface area contributed by atoms with Gasteiger partial charge >= 0.3 is 0 Å². The molecule has 0 N–H and O–H groups in total. The Labute approximate surface area is 201 Å². The largest absolute Gasteiger partial charge is 0.369 e. The maximum absolute atomic E-state index is 15.0. The summed E-state index contributed by atoms with van der Waals surface area (Å²) in [5, 5.41) is 23.4. The van der Waals surface area contributed by atoms with Gasteiger partial charge in [-0.2, -0.15) is 0 Å². The van der Waals surface area contributed by atoms with Crippen LogP contribution in [0, 0.1) is 15.9 Å². The van der Waals surface area contributed by atoms with E-state index in [0.717, 1.165) is 11.3 Å². The molecule has 5 rings (SSSR count). The number of halogens is 1. The fourth-order valence-corrected chi connectivity index (χ4v) is 4.50. The highest BCUT2D eigenvalue weighted by atomic mass is 19.1. The number of nitro benzene ring substituents is 1. The number of tetrazole rings is 1. The molecule has 1 saturated heterocycles. The quantitative estimate of drug-likeness (QED) is 0.299. The summed E-state index contributed by atoms with van der Waals surface area (Å²) in [7, 11) is 0. The third-order valence-electron chi connectivity index (χ3n) is 6.28. The molecular formula is C25H24FN7O2. The first-order valence-corrected chi connectivity index (χ1v) is 11.4. The zero-order chi connectivity index (χ0) is 24.2. The smallest absolute Gasteiger partial charge is 0.269 e. The second kappa shape index (κ2) is 9.98. The van der Waals surface area contributed by atoms with Crippen LogP contribution in [0.25, 0.3) is 0 Å². The van der Waals surface area contributed by atoms with Crippen molar-refractivity contribution < 1.29 is 9.31 Å². The van der Waals surface area contributed by atoms with E-state index in [1.54, 1.807) is 28.9 Å². The maximum atomic E-state index is 15.0. The fraction of sp³-hybridized carbons (Fsp3) is 0.240. The lowest BCUT2D eigenvalue weighted by Crippen LogP contribution is -2.48. The van der Waals surface area contributed by atoms with Crippen molar-refractivity contribution in [3.05, 3.63) is 112 Å². The van der Waals surface area contributed by atoms with Gasteiger partial charge in [-0.05, 0) is 34.2 Å². The molecule has 1 aromatic heterocycles. The van der Waals surface area contributed by atoms with Gasteiger partial charge in [-0.25, -0.2) is 9.07 Å². The van der Waals surface area contributed by atoms with Crippen molar-refractivity contribution in [1.29, 1.82) is 0 Å². The number of aromatic nitrogens is 4. The number of anilines is 1. The van der Waals surface area contributed by atoms with Gasteiger partial charge in [0.05, 0.1) is 11.5 Å². The molecule has 9 nitrogen and oxygen atoms in total. The number of benzene rings is 3. The first kappa shape index (κ1) is 22.6. The lowest BCUT2D eigenvalue weighted by Gasteiger charge is -2.40. The zero-order valence-corrected chi connectivity index (χ0v) is 18.9. The summed E-state index contributed by atoms with van der Waals surface area (Å²) in [6.45, 7) is 3.14. The van der Waals surface area contributed by atoms with Gasteiger partial charge in [0.25, 0.3) is 5.69 Å². The Balaban J connectivity index is 1.40. The number of nitrogens with zero attached hydrogens (tertiary/aromatic N) is 7. The van der Waals surface area contributed by atoms with Crippen LogP contribution < -0.4 is 4.90 Å². The molecule has 1 aliphatic rings. The highest BCUT2D eigenvalue weighted by molar-refractivity contribution is 5.51. The predicted octanol–water partition coefficient (Wildman–Crippen LogP) is 3.68. The Bertz CT molecular complexity index is 1290. The molecule has 3 aromatic carbocycles. The zero-order valence-electron chi connectivity index (χ0n) is 18.9. The van der Waals surface area contributed by atoms with E-state index in [2.05, 4.69) is 25.3 Å². The van der Waals surface area contributed by atoms with E-state index in [0.29, 0.717) is 44.1 Å². The van der Waals surface area contributed by atoms with Gasteiger partial charge in [0.1, 0.15) is 11.9 Å². The fourth-order valence-electron chi connectivity index (χ4n) is 4.50. The van der Waals surface area contributed by atoms with E-state index >= 15 is 4.39 Å². The van der Waals surface area contributed by atoms with Crippen molar-refractivity contribution in [2.45, 2.75) is 12.6 Å². The number of nitro groups is 1. The Morgan fingerprint density at radius 1 is 0.914 bits per heavy atom. The molecule has 0 unspecified atom stereocenters. The third kappa shape index (κ3) is 4.87. The van der Waals surface area contributed by atoms with Gasteiger partial charge in [-0.15, -0.1) is 5.10 Å². The molecule has 1 atom stereocenters. The highest BCUT2D eigenvalue weighted by Gasteiger charge is 2.32. The summed E-state index contributed by atoms with van der Waals surface area (Å²) in [6, 6.07) is 22.7. The van der Waals surface area contributed by atoms with Crippen LogP contribution in [0.2, 0.25) is 0 Å². The molecule has 4 aromatic rings. The molecule has 0 bridgehead atoms. The molecule has 0 amide bonds. The van der Waals surface area contributed by atoms with Crippen LogP contribution in [0.5, 0.6) is 0 Å². The van der Waals surface area contributed by atoms with Crippen LogP contribution in [0.1, 0.15) is 23.0 Å². The summed E-state index contributed by atoms with van der Waals surface area (Å²) < 4.78 is 16.8. The van der Waals surface area contributed by atoms with Crippen molar-refractivity contribution in [3.8, 4) is 0 Å². The lowest BCUT2D eigenvalue weighted by atomic mass is 10.0. The summed E-state index contributed by atoms with van der Waals surface area (Å²) in [6.07, 6.45) is 0. The molecule has 1 aliphatic heterocycles. The van der Waals surface area contributed by atoms with Gasteiger partial charge in [0.2, 0.25) is 0 Å². The standard InChI is InChI=1S/C25H24FN7O2/c26-23-9-5-4-8-22(23)24(25-27-28-29-32(25)18-19-6-2-1-3-7-19)31-16-14-30(15-17-31)20-10-12-21(13-11-20)33(34)35/h1-13,24H,14-18H2/t24-/m0/s1. The Kier molecular flexibility index (Phi) is 6.44. The molecule has 0 spiro atoms. The Morgan fingerprint density at radius 3 is 2.29 bits per heavy atom. The highest BCUT2D eigenvalue weighted by Crippen LogP contribution is 2.31. The summed E-state index contributed by atoms with van der Waals surface area (Å²) >= 11 is 0. The molecule has 10 heteroatoms. The number of hydrogen-bond donors (Lipinski definition) is 0. The molecule has 35 heavy (non-hydrogen) atoms. The second-order valence-electron chi connectivity index (χ2n) is 8.40. The molecular weight excluding hydrogens is 449 g/mol. The molecule has 0 radical (unpaired) electrons. The normalized spacial score (nSPS) is 15.2. The van der Waals surface area contributed by atoms with Gasteiger partial charge in [0.15, 0.2) is 5.82 Å². The molecule has 1 fully saturated rings. The second-order valence-corrected chi connectivity index (χ2v) is 8.40. The van der Waals surface area contributed by atoms with E-state index in [-0.39, 0.29) is 11.5 Å². The number of rotatable bonds is 7. The average molecular weight is 474 g/mol. The minimum atomic E-state index is -0.450. The van der Waals surface area contributed by atoms with Crippen molar-refractivity contribution in [2.24, 2.45) is 0 Å². The summed E-state index contributed by atoms with van der Waals surface area (Å²) in [5.41, 5.74) is 2.57. The van der Waals surface area contributed by atoms with Crippen LogP contribution in [0.3, 0.4) is 0 Å². The third-order valence-corrected chi connectivity index (χ3v) is 6.28. The number of non-ortho nitro benzene ring substituents is 1. The van der Waals surface area contributed by atoms with E-state index < -0.39 is 11.0 Å². The van der Waals surface area contributed by atoms with Crippen molar-refractivity contribution in [1.82, 2.24) is 25.1 Å². The maximum Gasteiger partial charge on any atom is 0.269 e. The van der Waals surface area contributed by atoms with Crippen LogP contribution in [0.15, 0.2) is 78.9 Å². The van der Waals surface area contributed by atoms with E-state index in [1.165, 1.54) is 18.2 Å². The molecule has 0 saturated carbocycles. The summed E-state index contributed by atoms with van der Waals surface area (Å²) in [5.74, 6) is 0.285. The first-order valence-electron chi connectivity index (χ1n) is 11.4. The van der Waals surface area contributed by atoms with Gasteiger partial charge < -0.3 is 4.90 Å². The van der Waals surface area contributed by atoms with E-state index in [9.17, 15) is 10.1 Å². The monoisotopic (exact) mass is 473 g/mol. The Morgan fingerprint density at radius 2 is 1.60 bits per heavy atom. The minimum Gasteiger partial charge on any atom is -0.369 e. The van der Waals surface area contributed by atoms with Gasteiger partial charge in [0, 0.05) is 49.6 Å². The summed E-state index contributed by atoms with van der Waals surface area (Å²) in [4.78, 5) is 14.9. The number of hydrogen-bond acceptors (Lipinski definition) is 7. The first-order chi connectivity index (χ1) is 17.1. The molecule has 178 valence electrons. The topological polar surface area (TPSA) is 93.2 Å². The molecule has 0 aliphatic carbocycles. The minimum absolute atomic E-state index is 0.0669. The van der Waals surface area contributed by atoms with E-state index in [1.807, 2.05) is 36.4 Å². The van der Waals surface area contributed by atoms with Gasteiger partial charge in [-0.3, -0.25) is 15.0 Å². The van der Waals surface area contributed by atoms with Crippen molar-refractivity contribution >= 4 is 11.4 Å². The predicted molar refractivity (Wildman–Crippen MR) is 128 cm³/mol.